The second-order valence-corrected chi connectivity index (χ2v) is 7.38. The molecule has 1 saturated heterocycles. The van der Waals surface area contributed by atoms with Gasteiger partial charge in [0.05, 0.1) is 4.88 Å². The highest BCUT2D eigenvalue weighted by molar-refractivity contribution is 7.15. The summed E-state index contributed by atoms with van der Waals surface area (Å²) in [6.45, 7) is 1.10. The molecule has 0 radical (unpaired) electrons. The summed E-state index contributed by atoms with van der Waals surface area (Å²) in [6.07, 6.45) is 1.39. The summed E-state index contributed by atoms with van der Waals surface area (Å²) in [6, 6.07) is 4.85. The zero-order chi connectivity index (χ0) is 17.1. The van der Waals surface area contributed by atoms with E-state index >= 15 is 0 Å². The van der Waals surface area contributed by atoms with Gasteiger partial charge in [0.1, 0.15) is 4.88 Å². The lowest BCUT2D eigenvalue weighted by molar-refractivity contribution is 0.0693. The maximum Gasteiger partial charge on any atom is 0.345 e. The van der Waals surface area contributed by atoms with Crippen molar-refractivity contribution in [3.8, 4) is 0 Å². The number of piperidine rings is 1. The van der Waals surface area contributed by atoms with Crippen molar-refractivity contribution in [3.05, 3.63) is 44.3 Å². The molecule has 0 atom stereocenters. The van der Waals surface area contributed by atoms with Crippen LogP contribution in [0.5, 0.6) is 0 Å². The van der Waals surface area contributed by atoms with E-state index in [-0.39, 0.29) is 22.7 Å². The summed E-state index contributed by atoms with van der Waals surface area (Å²) in [4.78, 5) is 37.7. The Morgan fingerprint density at radius 2 is 1.83 bits per heavy atom. The maximum absolute atomic E-state index is 12.4. The van der Waals surface area contributed by atoms with Gasteiger partial charge in [-0.25, -0.2) is 4.79 Å². The lowest BCUT2D eigenvalue weighted by atomic mass is 10.0. The highest BCUT2D eigenvalue weighted by Gasteiger charge is 2.26. The quantitative estimate of drug-likeness (QED) is 0.873. The molecule has 0 spiro atoms. The van der Waals surface area contributed by atoms with Gasteiger partial charge in [0, 0.05) is 30.1 Å². The first-order valence-corrected chi connectivity index (χ1v) is 9.26. The van der Waals surface area contributed by atoms with Crippen molar-refractivity contribution in [3.63, 3.8) is 0 Å². The Kier molecular flexibility index (Phi) is 4.96. The van der Waals surface area contributed by atoms with E-state index in [4.69, 9.17) is 5.11 Å². The highest BCUT2D eigenvalue weighted by atomic mass is 32.1. The van der Waals surface area contributed by atoms with E-state index in [0.717, 1.165) is 11.3 Å². The molecule has 1 fully saturated rings. The number of carboxylic acid groups (broad SMARTS) is 1. The van der Waals surface area contributed by atoms with Crippen LogP contribution >= 0.6 is 22.7 Å². The fourth-order valence-electron chi connectivity index (χ4n) is 2.61. The molecule has 126 valence electrons. The lowest BCUT2D eigenvalue weighted by Gasteiger charge is -2.32. The minimum atomic E-state index is -1.02. The van der Waals surface area contributed by atoms with Gasteiger partial charge in [0.15, 0.2) is 0 Å². The van der Waals surface area contributed by atoms with Gasteiger partial charge < -0.3 is 15.3 Å². The predicted octanol–water partition coefficient (Wildman–Crippen LogP) is 2.54. The number of nitrogens with one attached hydrogen (secondary N) is 1. The lowest BCUT2D eigenvalue weighted by Crippen LogP contribution is -2.46. The van der Waals surface area contributed by atoms with E-state index in [2.05, 4.69) is 5.32 Å². The Morgan fingerprint density at radius 3 is 2.42 bits per heavy atom. The molecule has 0 unspecified atom stereocenters. The van der Waals surface area contributed by atoms with Crippen molar-refractivity contribution >= 4 is 40.5 Å². The number of hydrogen-bond donors (Lipinski definition) is 2. The molecule has 0 bridgehead atoms. The van der Waals surface area contributed by atoms with Crippen molar-refractivity contribution < 1.29 is 19.5 Å². The third-order valence-electron chi connectivity index (χ3n) is 3.93. The van der Waals surface area contributed by atoms with Crippen LogP contribution in [0.15, 0.2) is 29.0 Å². The number of nitrogens with zero attached hydrogens (tertiary/aromatic N) is 1. The molecule has 2 N–H and O–H groups in total. The molecular formula is C16H16N2O4S2. The van der Waals surface area contributed by atoms with E-state index in [1.807, 2.05) is 10.8 Å². The summed E-state index contributed by atoms with van der Waals surface area (Å²) in [5.74, 6) is -1.24. The zero-order valence-electron chi connectivity index (χ0n) is 12.7. The summed E-state index contributed by atoms with van der Waals surface area (Å²) in [7, 11) is 0. The third kappa shape index (κ3) is 3.65. The number of carbonyl (C=O) groups is 3. The fraction of sp³-hybridized carbons (Fsp3) is 0.312. The minimum absolute atomic E-state index is 0.0550. The zero-order valence-corrected chi connectivity index (χ0v) is 14.4. The molecule has 0 aliphatic carbocycles. The number of carbonyl (C=O) groups excluding carboxylic acids is 2. The van der Waals surface area contributed by atoms with Gasteiger partial charge in [-0.3, -0.25) is 9.59 Å². The molecule has 1 aliphatic heterocycles. The second-order valence-electron chi connectivity index (χ2n) is 5.52. The number of likely N-dealkylation sites (tertiary alicyclic amines) is 1. The number of hydrogen-bond acceptors (Lipinski definition) is 5. The van der Waals surface area contributed by atoms with Crippen LogP contribution < -0.4 is 5.32 Å². The van der Waals surface area contributed by atoms with Crippen LogP contribution in [0.25, 0.3) is 0 Å². The molecule has 2 aromatic rings. The topological polar surface area (TPSA) is 86.7 Å². The molecule has 2 aromatic heterocycles. The second kappa shape index (κ2) is 7.14. The van der Waals surface area contributed by atoms with Crippen molar-refractivity contribution in [2.75, 3.05) is 13.1 Å². The summed E-state index contributed by atoms with van der Waals surface area (Å²) in [5.41, 5.74) is 0.665. The fourth-order valence-corrected chi connectivity index (χ4v) is 4.06. The highest BCUT2D eigenvalue weighted by Crippen LogP contribution is 2.21. The summed E-state index contributed by atoms with van der Waals surface area (Å²) in [5, 5.41) is 15.6. The Labute approximate surface area is 146 Å². The molecule has 3 rings (SSSR count). The van der Waals surface area contributed by atoms with Crippen LogP contribution in [-0.4, -0.2) is 46.9 Å². The number of amides is 2. The minimum Gasteiger partial charge on any atom is -0.477 e. The average Bonchev–Trinajstić information content (AvgIpc) is 3.26. The maximum atomic E-state index is 12.4. The summed E-state index contributed by atoms with van der Waals surface area (Å²) < 4.78 is 0. The number of rotatable bonds is 4. The molecule has 0 saturated carbocycles. The van der Waals surface area contributed by atoms with Crippen molar-refractivity contribution in [1.29, 1.82) is 0 Å². The van der Waals surface area contributed by atoms with E-state index in [0.29, 0.717) is 36.4 Å². The van der Waals surface area contributed by atoms with Gasteiger partial charge >= 0.3 is 5.97 Å². The molecule has 0 aromatic carbocycles. The standard InChI is InChI=1S/C16H16N2O4S2/c19-14(10-5-8-23-9-10)17-11-3-6-18(7-4-11)15(20)12-1-2-13(24-12)16(21)22/h1-2,5,8-9,11H,3-4,6-7H2,(H,17,19)(H,21,22). The van der Waals surface area contributed by atoms with E-state index < -0.39 is 5.97 Å². The van der Waals surface area contributed by atoms with Crippen molar-refractivity contribution in [2.45, 2.75) is 18.9 Å². The van der Waals surface area contributed by atoms with Crippen LogP contribution in [0.2, 0.25) is 0 Å². The molecule has 3 heterocycles. The Hall–Kier alpha value is -2.19. The van der Waals surface area contributed by atoms with Gasteiger partial charge in [0.25, 0.3) is 11.8 Å². The third-order valence-corrected chi connectivity index (χ3v) is 5.67. The van der Waals surface area contributed by atoms with Gasteiger partial charge in [0.2, 0.25) is 0 Å². The van der Waals surface area contributed by atoms with Crippen LogP contribution in [0.1, 0.15) is 42.5 Å². The van der Waals surface area contributed by atoms with E-state index in [1.54, 1.807) is 17.0 Å². The Balaban J connectivity index is 1.53. The molecule has 2 amide bonds. The van der Waals surface area contributed by atoms with Crippen LogP contribution in [0, 0.1) is 0 Å². The molecule has 8 heteroatoms. The van der Waals surface area contributed by atoms with Crippen LogP contribution in [0.4, 0.5) is 0 Å². The van der Waals surface area contributed by atoms with Crippen LogP contribution in [-0.2, 0) is 0 Å². The van der Waals surface area contributed by atoms with Crippen molar-refractivity contribution in [1.82, 2.24) is 10.2 Å². The van der Waals surface area contributed by atoms with E-state index in [1.165, 1.54) is 17.4 Å². The van der Waals surface area contributed by atoms with Gasteiger partial charge in [-0.15, -0.1) is 11.3 Å². The number of aromatic carboxylic acids is 1. The Morgan fingerprint density at radius 1 is 1.12 bits per heavy atom. The number of carboxylic acids is 1. The predicted molar refractivity (Wildman–Crippen MR) is 92.0 cm³/mol. The first-order chi connectivity index (χ1) is 11.5. The average molecular weight is 364 g/mol. The summed E-state index contributed by atoms with van der Waals surface area (Å²) >= 11 is 2.47. The van der Waals surface area contributed by atoms with E-state index in [9.17, 15) is 14.4 Å². The van der Waals surface area contributed by atoms with Gasteiger partial charge in [-0.2, -0.15) is 11.3 Å². The molecule has 1 aliphatic rings. The van der Waals surface area contributed by atoms with Gasteiger partial charge in [-0.05, 0) is 36.4 Å². The van der Waals surface area contributed by atoms with Crippen LogP contribution in [0.3, 0.4) is 0 Å². The van der Waals surface area contributed by atoms with Gasteiger partial charge in [-0.1, -0.05) is 0 Å². The molecule has 6 nitrogen and oxygen atoms in total. The largest absolute Gasteiger partial charge is 0.477 e. The monoisotopic (exact) mass is 364 g/mol. The normalized spacial score (nSPS) is 15.2. The first kappa shape index (κ1) is 16.7. The van der Waals surface area contributed by atoms with Crippen molar-refractivity contribution in [2.24, 2.45) is 0 Å². The molecular weight excluding hydrogens is 348 g/mol. The first-order valence-electron chi connectivity index (χ1n) is 7.50. The number of thiophene rings is 2. The Bertz CT molecular complexity index is 746. The molecule has 24 heavy (non-hydrogen) atoms. The smallest absolute Gasteiger partial charge is 0.345 e. The SMILES string of the molecule is O=C(NC1CCN(C(=O)c2ccc(C(=O)O)s2)CC1)c1ccsc1.